The molecular formula is C18H28N2O2. The predicted molar refractivity (Wildman–Crippen MR) is 89.2 cm³/mol. The molecule has 22 heavy (non-hydrogen) atoms. The van der Waals surface area contributed by atoms with Crippen LogP contribution in [0, 0.1) is 0 Å². The smallest absolute Gasteiger partial charge is 0.253 e. The van der Waals surface area contributed by atoms with Crippen molar-refractivity contribution >= 4 is 5.91 Å². The van der Waals surface area contributed by atoms with E-state index in [9.17, 15) is 4.79 Å². The molecule has 1 atom stereocenters. The van der Waals surface area contributed by atoms with Gasteiger partial charge in [-0.05, 0) is 62.8 Å². The topological polar surface area (TPSA) is 52.6 Å². The molecule has 1 aromatic carbocycles. The highest BCUT2D eigenvalue weighted by atomic mass is 16.3. The van der Waals surface area contributed by atoms with Gasteiger partial charge in [-0.1, -0.05) is 12.1 Å². The van der Waals surface area contributed by atoms with Crippen LogP contribution in [0.4, 0.5) is 0 Å². The SMILES string of the molecule is CCN(CCCCO)C(=O)c1cccc(C2CCCNC2)c1. The quantitative estimate of drug-likeness (QED) is 0.761. The molecule has 0 aromatic heterocycles. The first-order chi connectivity index (χ1) is 10.8. The summed E-state index contributed by atoms with van der Waals surface area (Å²) in [5.41, 5.74) is 2.05. The molecule has 2 N–H and O–H groups in total. The van der Waals surface area contributed by atoms with Crippen LogP contribution in [0.15, 0.2) is 24.3 Å². The van der Waals surface area contributed by atoms with Crippen molar-refractivity contribution in [3.05, 3.63) is 35.4 Å². The monoisotopic (exact) mass is 304 g/mol. The number of rotatable bonds is 7. The molecule has 4 heteroatoms. The third kappa shape index (κ3) is 4.55. The van der Waals surface area contributed by atoms with E-state index < -0.39 is 0 Å². The first kappa shape index (κ1) is 17.0. The fourth-order valence-electron chi connectivity index (χ4n) is 3.06. The second-order valence-electron chi connectivity index (χ2n) is 5.98. The average molecular weight is 304 g/mol. The summed E-state index contributed by atoms with van der Waals surface area (Å²) in [7, 11) is 0. The molecule has 2 rings (SSSR count). The van der Waals surface area contributed by atoms with Gasteiger partial charge < -0.3 is 15.3 Å². The van der Waals surface area contributed by atoms with Gasteiger partial charge in [-0.25, -0.2) is 0 Å². The highest BCUT2D eigenvalue weighted by Crippen LogP contribution is 2.24. The molecule has 1 aromatic rings. The number of carbonyl (C=O) groups is 1. The first-order valence-electron chi connectivity index (χ1n) is 8.47. The lowest BCUT2D eigenvalue weighted by atomic mass is 9.90. The zero-order valence-electron chi connectivity index (χ0n) is 13.6. The van der Waals surface area contributed by atoms with Crippen LogP contribution in [0.1, 0.15) is 54.4 Å². The normalized spacial score (nSPS) is 18.2. The van der Waals surface area contributed by atoms with Gasteiger partial charge >= 0.3 is 0 Å². The third-order valence-corrected chi connectivity index (χ3v) is 4.41. The van der Waals surface area contributed by atoms with Gasteiger partial charge in [-0.3, -0.25) is 4.79 Å². The number of amides is 1. The first-order valence-corrected chi connectivity index (χ1v) is 8.47. The number of hydrogen-bond acceptors (Lipinski definition) is 3. The van der Waals surface area contributed by atoms with Crippen LogP contribution in [-0.4, -0.2) is 48.7 Å². The Bertz CT molecular complexity index is 470. The highest BCUT2D eigenvalue weighted by Gasteiger charge is 2.18. The number of carbonyl (C=O) groups excluding carboxylic acids is 1. The van der Waals surface area contributed by atoms with E-state index in [2.05, 4.69) is 17.4 Å². The second-order valence-corrected chi connectivity index (χ2v) is 5.98. The van der Waals surface area contributed by atoms with Crippen molar-refractivity contribution in [2.45, 2.75) is 38.5 Å². The Labute approximate surface area is 133 Å². The van der Waals surface area contributed by atoms with Gasteiger partial charge in [0.25, 0.3) is 5.91 Å². The van der Waals surface area contributed by atoms with Crippen LogP contribution in [0.5, 0.6) is 0 Å². The van der Waals surface area contributed by atoms with Crippen LogP contribution in [0.2, 0.25) is 0 Å². The van der Waals surface area contributed by atoms with Crippen molar-refractivity contribution in [2.75, 3.05) is 32.8 Å². The predicted octanol–water partition coefficient (Wildman–Crippen LogP) is 2.39. The highest BCUT2D eigenvalue weighted by molar-refractivity contribution is 5.94. The molecule has 1 heterocycles. The maximum absolute atomic E-state index is 12.7. The Balaban J connectivity index is 2.04. The molecule has 4 nitrogen and oxygen atoms in total. The summed E-state index contributed by atoms with van der Waals surface area (Å²) in [4.78, 5) is 14.5. The van der Waals surface area contributed by atoms with E-state index in [1.807, 2.05) is 24.0 Å². The lowest BCUT2D eigenvalue weighted by Crippen LogP contribution is -2.32. The van der Waals surface area contributed by atoms with Gasteiger partial charge in [-0.15, -0.1) is 0 Å². The molecule has 0 bridgehead atoms. The molecule has 0 spiro atoms. The number of nitrogens with zero attached hydrogens (tertiary/aromatic N) is 1. The zero-order valence-corrected chi connectivity index (χ0v) is 13.6. The van der Waals surface area contributed by atoms with Crippen molar-refractivity contribution in [1.82, 2.24) is 10.2 Å². The minimum absolute atomic E-state index is 0.103. The van der Waals surface area contributed by atoms with E-state index in [1.165, 1.54) is 18.4 Å². The van der Waals surface area contributed by atoms with Crippen molar-refractivity contribution in [2.24, 2.45) is 0 Å². The number of benzene rings is 1. The van der Waals surface area contributed by atoms with E-state index >= 15 is 0 Å². The van der Waals surface area contributed by atoms with E-state index in [4.69, 9.17) is 5.11 Å². The molecule has 1 aliphatic rings. The van der Waals surface area contributed by atoms with E-state index in [1.54, 1.807) is 0 Å². The van der Waals surface area contributed by atoms with E-state index in [-0.39, 0.29) is 12.5 Å². The van der Waals surface area contributed by atoms with Gasteiger partial charge in [0, 0.05) is 31.8 Å². The summed E-state index contributed by atoms with van der Waals surface area (Å²) in [6.45, 7) is 5.72. The standard InChI is InChI=1S/C18H28N2O2/c1-2-20(11-3-4-12-21)18(22)16-8-5-7-15(13-16)17-9-6-10-19-14-17/h5,7-8,13,17,19,21H,2-4,6,9-12,14H2,1H3. The van der Waals surface area contributed by atoms with Crippen molar-refractivity contribution < 1.29 is 9.90 Å². The molecule has 1 unspecified atom stereocenters. The third-order valence-electron chi connectivity index (χ3n) is 4.41. The van der Waals surface area contributed by atoms with Crippen LogP contribution in [-0.2, 0) is 0 Å². The number of aliphatic hydroxyl groups excluding tert-OH is 1. The van der Waals surface area contributed by atoms with Crippen molar-refractivity contribution in [3.63, 3.8) is 0 Å². The number of hydrogen-bond donors (Lipinski definition) is 2. The summed E-state index contributed by atoms with van der Waals surface area (Å²) in [6, 6.07) is 8.11. The fourth-order valence-corrected chi connectivity index (χ4v) is 3.06. The second kappa shape index (κ2) is 8.91. The molecule has 0 radical (unpaired) electrons. The van der Waals surface area contributed by atoms with Gasteiger partial charge in [0.2, 0.25) is 0 Å². The van der Waals surface area contributed by atoms with Crippen molar-refractivity contribution in [3.8, 4) is 0 Å². The van der Waals surface area contributed by atoms with Gasteiger partial charge in [0.15, 0.2) is 0 Å². The molecule has 1 saturated heterocycles. The fraction of sp³-hybridized carbons (Fsp3) is 0.611. The Morgan fingerprint density at radius 3 is 2.95 bits per heavy atom. The average Bonchev–Trinajstić information content (AvgIpc) is 2.59. The lowest BCUT2D eigenvalue weighted by Gasteiger charge is -2.24. The summed E-state index contributed by atoms with van der Waals surface area (Å²) in [5.74, 6) is 0.622. The molecule has 0 aliphatic carbocycles. The van der Waals surface area contributed by atoms with Crippen LogP contribution < -0.4 is 5.32 Å². The number of piperidine rings is 1. The Morgan fingerprint density at radius 1 is 1.41 bits per heavy atom. The molecular weight excluding hydrogens is 276 g/mol. The van der Waals surface area contributed by atoms with Crippen molar-refractivity contribution in [1.29, 1.82) is 0 Å². The van der Waals surface area contributed by atoms with Crippen LogP contribution in [0.25, 0.3) is 0 Å². The molecule has 1 aliphatic heterocycles. The van der Waals surface area contributed by atoms with Gasteiger partial charge in [-0.2, -0.15) is 0 Å². The van der Waals surface area contributed by atoms with E-state index in [0.29, 0.717) is 19.0 Å². The summed E-state index contributed by atoms with van der Waals surface area (Å²) in [6.07, 6.45) is 3.99. The lowest BCUT2D eigenvalue weighted by molar-refractivity contribution is 0.0758. The summed E-state index contributed by atoms with van der Waals surface area (Å²) in [5, 5.41) is 12.3. The number of aliphatic hydroxyl groups is 1. The van der Waals surface area contributed by atoms with Crippen LogP contribution in [0.3, 0.4) is 0 Å². The summed E-state index contributed by atoms with van der Waals surface area (Å²) < 4.78 is 0. The minimum Gasteiger partial charge on any atom is -0.396 e. The maximum Gasteiger partial charge on any atom is 0.253 e. The number of nitrogens with one attached hydrogen (secondary N) is 1. The van der Waals surface area contributed by atoms with Gasteiger partial charge in [0.05, 0.1) is 0 Å². The molecule has 1 fully saturated rings. The Hall–Kier alpha value is -1.39. The largest absolute Gasteiger partial charge is 0.396 e. The maximum atomic E-state index is 12.7. The minimum atomic E-state index is 0.103. The Kier molecular flexibility index (Phi) is 6.87. The molecule has 122 valence electrons. The zero-order chi connectivity index (χ0) is 15.8. The van der Waals surface area contributed by atoms with Crippen LogP contribution >= 0.6 is 0 Å². The van der Waals surface area contributed by atoms with E-state index in [0.717, 1.165) is 31.5 Å². The Morgan fingerprint density at radius 2 is 2.27 bits per heavy atom. The van der Waals surface area contributed by atoms with Gasteiger partial charge in [0.1, 0.15) is 0 Å². The molecule has 1 amide bonds. The molecule has 0 saturated carbocycles. The number of unbranched alkanes of at least 4 members (excludes halogenated alkanes) is 1. The summed E-state index contributed by atoms with van der Waals surface area (Å²) >= 11 is 0.